The normalized spacial score (nSPS) is 9.44. The van der Waals surface area contributed by atoms with Gasteiger partial charge in [-0.3, -0.25) is 0 Å². The van der Waals surface area contributed by atoms with E-state index >= 15 is 0 Å². The molecule has 0 aliphatic heterocycles. The van der Waals surface area contributed by atoms with E-state index in [1.165, 1.54) is 0 Å². The fourth-order valence-corrected chi connectivity index (χ4v) is 5.37. The van der Waals surface area contributed by atoms with E-state index in [2.05, 4.69) is 55.0 Å². The molecule has 0 aliphatic carbocycles. The molecule has 0 saturated carbocycles. The Bertz CT molecular complexity index is 133. The van der Waals surface area contributed by atoms with Gasteiger partial charge in [0.25, 0.3) is 0 Å². The monoisotopic (exact) mass is 356 g/mol. The maximum atomic E-state index is 3.44. The van der Waals surface area contributed by atoms with Crippen molar-refractivity contribution >= 4 is 7.92 Å². The van der Waals surface area contributed by atoms with E-state index in [-0.39, 0.29) is 40.8 Å². The number of hydrogen-bond acceptors (Lipinski definition) is 0. The number of halogens is 1. The minimum absolute atomic E-state index is 0. The van der Waals surface area contributed by atoms with Crippen LogP contribution < -0.4 is 12.4 Å². The topological polar surface area (TPSA) is 0 Å². The zero-order valence-corrected chi connectivity index (χ0v) is 15.0. The standard InChI is InChI=1S/C9H21P.C4H7.ClH.Pd/c1-7(2)10(8(3)4)9(5)6;1-4(2)3;;/h7-9H,1-6H3;1-2H2,3H3;1H;/q;-1;;+2/p-1. The van der Waals surface area contributed by atoms with Gasteiger partial charge in [-0.25, -0.2) is 19.1 Å². The predicted octanol–water partition coefficient (Wildman–Crippen LogP) is 2.09. The molecule has 0 N–H and O–H groups in total. The predicted molar refractivity (Wildman–Crippen MR) is 72.5 cm³/mol. The quantitative estimate of drug-likeness (QED) is 0.412. The second-order valence-corrected chi connectivity index (χ2v) is 8.68. The first-order valence-electron chi connectivity index (χ1n) is 5.45. The molecule has 0 aromatic heterocycles. The van der Waals surface area contributed by atoms with Crippen molar-refractivity contribution < 1.29 is 32.8 Å². The molecule has 0 aromatic rings. The average Bonchev–Trinajstić information content (AvgIpc) is 1.80. The Hall–Kier alpha value is 0.992. The van der Waals surface area contributed by atoms with Gasteiger partial charge in [0.2, 0.25) is 0 Å². The van der Waals surface area contributed by atoms with Gasteiger partial charge in [-0.2, -0.15) is 0 Å². The molecule has 16 heavy (non-hydrogen) atoms. The van der Waals surface area contributed by atoms with Crippen LogP contribution in [0.15, 0.2) is 12.2 Å². The Balaban J connectivity index is -0.000000105. The number of rotatable bonds is 3. The van der Waals surface area contributed by atoms with Crippen LogP contribution in [0.2, 0.25) is 0 Å². The summed E-state index contributed by atoms with van der Waals surface area (Å²) in [6.45, 7) is 22.9. The first-order valence-corrected chi connectivity index (χ1v) is 6.99. The fraction of sp³-hybridized carbons (Fsp3) is 0.769. The van der Waals surface area contributed by atoms with Crippen LogP contribution in [0, 0.1) is 6.92 Å². The summed E-state index contributed by atoms with van der Waals surface area (Å²) >= 11 is 0. The summed E-state index contributed by atoms with van der Waals surface area (Å²) in [6, 6.07) is 0. The van der Waals surface area contributed by atoms with Gasteiger partial charge >= 0.3 is 20.4 Å². The van der Waals surface area contributed by atoms with Crippen molar-refractivity contribution in [2.24, 2.45) is 0 Å². The van der Waals surface area contributed by atoms with E-state index in [9.17, 15) is 0 Å². The van der Waals surface area contributed by atoms with Crippen molar-refractivity contribution in [1.29, 1.82) is 0 Å². The average molecular weight is 357 g/mol. The molecule has 0 amide bonds. The van der Waals surface area contributed by atoms with Crippen molar-refractivity contribution in [3.8, 4) is 0 Å². The van der Waals surface area contributed by atoms with E-state index < -0.39 is 0 Å². The summed E-state index contributed by atoms with van der Waals surface area (Å²) in [5.74, 6) is 0. The molecule has 0 aliphatic rings. The third-order valence-corrected chi connectivity index (χ3v) is 5.37. The van der Waals surface area contributed by atoms with Crippen LogP contribution in [0.5, 0.6) is 0 Å². The summed E-state index contributed by atoms with van der Waals surface area (Å²) < 4.78 is 0. The molecular weight excluding hydrogens is 329 g/mol. The molecule has 0 aromatic carbocycles. The Kier molecular flexibility index (Phi) is 22.6. The van der Waals surface area contributed by atoms with Crippen molar-refractivity contribution in [2.75, 3.05) is 0 Å². The minimum Gasteiger partial charge on any atom is -1.00 e. The Labute approximate surface area is 125 Å². The van der Waals surface area contributed by atoms with Crippen molar-refractivity contribution in [3.05, 3.63) is 19.1 Å². The Morgan fingerprint density at radius 3 is 1.06 bits per heavy atom. The molecule has 0 rings (SSSR count). The van der Waals surface area contributed by atoms with Crippen LogP contribution in [-0.4, -0.2) is 17.0 Å². The first-order chi connectivity index (χ1) is 6.20. The smallest absolute Gasteiger partial charge is 1.00 e. The van der Waals surface area contributed by atoms with Crippen molar-refractivity contribution in [1.82, 2.24) is 0 Å². The number of hydrogen-bond donors (Lipinski definition) is 0. The zero-order valence-electron chi connectivity index (χ0n) is 11.8. The molecule has 0 fully saturated rings. The summed E-state index contributed by atoms with van der Waals surface area (Å²) in [7, 11) is 0.262. The summed E-state index contributed by atoms with van der Waals surface area (Å²) in [5.41, 5.74) is 3.61. The molecule has 0 saturated heterocycles. The zero-order chi connectivity index (χ0) is 11.9. The second kappa shape index (κ2) is 14.1. The van der Waals surface area contributed by atoms with Crippen molar-refractivity contribution in [2.45, 2.75) is 65.4 Å². The molecule has 0 unspecified atom stereocenters. The van der Waals surface area contributed by atoms with Gasteiger partial charge in [-0.1, -0.05) is 56.4 Å². The molecule has 0 atom stereocenters. The third-order valence-electron chi connectivity index (χ3n) is 1.79. The second-order valence-electron chi connectivity index (χ2n) is 4.69. The molecule has 3 heteroatoms. The summed E-state index contributed by atoms with van der Waals surface area (Å²) in [5, 5.41) is 0. The molecule has 0 radical (unpaired) electrons. The van der Waals surface area contributed by atoms with Crippen molar-refractivity contribution in [3.63, 3.8) is 0 Å². The first kappa shape index (κ1) is 25.7. The molecule has 0 heterocycles. The van der Waals surface area contributed by atoms with Gasteiger partial charge in [-0.05, 0) is 17.0 Å². The van der Waals surface area contributed by atoms with Crippen LogP contribution >= 0.6 is 7.92 Å². The van der Waals surface area contributed by atoms with E-state index in [0.717, 1.165) is 22.6 Å². The third kappa shape index (κ3) is 17.4. The van der Waals surface area contributed by atoms with Gasteiger partial charge in [0.1, 0.15) is 0 Å². The molecular formula is C13H28ClPPd. The van der Waals surface area contributed by atoms with Crippen LogP contribution in [0.4, 0.5) is 0 Å². The number of allylic oxidation sites excluding steroid dienone is 1. The Morgan fingerprint density at radius 2 is 1.06 bits per heavy atom. The van der Waals surface area contributed by atoms with Gasteiger partial charge in [0.05, 0.1) is 0 Å². The molecule has 0 bridgehead atoms. The molecule has 102 valence electrons. The maximum absolute atomic E-state index is 3.44. The van der Waals surface area contributed by atoms with Gasteiger partial charge in [-0.15, -0.1) is 0 Å². The van der Waals surface area contributed by atoms with Gasteiger partial charge < -0.3 is 12.4 Å². The molecule has 0 spiro atoms. The van der Waals surface area contributed by atoms with Gasteiger partial charge in [0.15, 0.2) is 0 Å². The maximum Gasteiger partial charge on any atom is 2.00 e. The molecule has 0 nitrogen and oxygen atoms in total. The minimum atomic E-state index is 0. The fourth-order valence-electron chi connectivity index (χ4n) is 1.79. The largest absolute Gasteiger partial charge is 2.00 e. The Morgan fingerprint density at radius 1 is 0.938 bits per heavy atom. The van der Waals surface area contributed by atoms with Crippen LogP contribution in [0.25, 0.3) is 0 Å². The van der Waals surface area contributed by atoms with Gasteiger partial charge in [0, 0.05) is 0 Å². The van der Waals surface area contributed by atoms with E-state index in [0.29, 0.717) is 0 Å². The van der Waals surface area contributed by atoms with E-state index in [4.69, 9.17) is 0 Å². The van der Waals surface area contributed by atoms with Crippen LogP contribution in [0.1, 0.15) is 48.5 Å². The SMILES string of the molecule is C=C([CH2-])C.CC(C)P(C(C)C)C(C)C.[Cl-].[Pd+2]. The van der Waals surface area contributed by atoms with E-state index in [1.807, 2.05) is 6.92 Å². The van der Waals surface area contributed by atoms with Crippen LogP contribution in [0.3, 0.4) is 0 Å². The summed E-state index contributed by atoms with van der Waals surface area (Å²) in [6.07, 6.45) is 0. The summed E-state index contributed by atoms with van der Waals surface area (Å²) in [4.78, 5) is 0. The van der Waals surface area contributed by atoms with Crippen LogP contribution in [-0.2, 0) is 20.4 Å². The van der Waals surface area contributed by atoms with E-state index in [1.54, 1.807) is 0 Å².